The minimum absolute atomic E-state index is 0.0174. The van der Waals surface area contributed by atoms with Gasteiger partial charge in [0, 0.05) is 11.9 Å². The van der Waals surface area contributed by atoms with Gasteiger partial charge in [0.25, 0.3) is 0 Å². The zero-order valence-corrected chi connectivity index (χ0v) is 11.3. The molecule has 19 heavy (non-hydrogen) atoms. The van der Waals surface area contributed by atoms with Gasteiger partial charge < -0.3 is 14.6 Å². The molecule has 0 radical (unpaired) electrons. The van der Waals surface area contributed by atoms with Gasteiger partial charge in [0.2, 0.25) is 5.79 Å². The highest BCUT2D eigenvalue weighted by molar-refractivity contribution is 6.30. The Morgan fingerprint density at radius 2 is 1.63 bits per heavy atom. The van der Waals surface area contributed by atoms with Crippen molar-refractivity contribution >= 4 is 11.6 Å². The number of hydrogen-bond donors (Lipinski definition) is 1. The molecule has 2 rings (SSSR count). The number of para-hydroxylation sites is 1. The molecule has 4 heteroatoms. The number of hydrogen-bond acceptors (Lipinski definition) is 3. The van der Waals surface area contributed by atoms with Gasteiger partial charge in [0.1, 0.15) is 11.5 Å². The van der Waals surface area contributed by atoms with Crippen LogP contribution in [0.25, 0.3) is 0 Å². The Hall–Kier alpha value is -1.71. The van der Waals surface area contributed by atoms with E-state index in [-0.39, 0.29) is 6.61 Å². The quantitative estimate of drug-likeness (QED) is 0.851. The smallest absolute Gasteiger partial charge is 0.239 e. The summed E-state index contributed by atoms with van der Waals surface area (Å²) >= 11 is 5.78. The van der Waals surface area contributed by atoms with E-state index in [2.05, 4.69) is 0 Å². The van der Waals surface area contributed by atoms with E-state index in [0.29, 0.717) is 16.5 Å². The molecule has 1 N–H and O–H groups in total. The lowest BCUT2D eigenvalue weighted by molar-refractivity contribution is -0.144. The molecule has 1 atom stereocenters. The summed E-state index contributed by atoms with van der Waals surface area (Å²) in [6.07, 6.45) is 0. The molecule has 100 valence electrons. The first kappa shape index (κ1) is 13.7. The Morgan fingerprint density at radius 1 is 1.00 bits per heavy atom. The number of halogens is 1. The lowest BCUT2D eigenvalue weighted by Crippen LogP contribution is -2.38. The predicted octanol–water partition coefficient (Wildman–Crippen LogP) is 3.51. The number of benzene rings is 2. The predicted molar refractivity (Wildman–Crippen MR) is 74.6 cm³/mol. The molecular weight excluding hydrogens is 264 g/mol. The molecule has 2 aromatic rings. The molecule has 0 aliphatic rings. The summed E-state index contributed by atoms with van der Waals surface area (Å²) in [5.41, 5.74) is 0. The zero-order valence-electron chi connectivity index (χ0n) is 10.5. The van der Waals surface area contributed by atoms with Gasteiger partial charge >= 0.3 is 0 Å². The fourth-order valence-corrected chi connectivity index (χ4v) is 1.65. The first-order chi connectivity index (χ1) is 9.05. The molecule has 0 aromatic heterocycles. The van der Waals surface area contributed by atoms with E-state index >= 15 is 0 Å². The van der Waals surface area contributed by atoms with Gasteiger partial charge in [-0.3, -0.25) is 0 Å². The lowest BCUT2D eigenvalue weighted by atomic mass is 10.3. The maximum absolute atomic E-state index is 10.1. The van der Waals surface area contributed by atoms with Crippen molar-refractivity contribution < 1.29 is 14.6 Å². The zero-order chi connectivity index (χ0) is 13.7. The Labute approximate surface area is 117 Å². The van der Waals surface area contributed by atoms with E-state index < -0.39 is 5.79 Å². The van der Waals surface area contributed by atoms with Gasteiger partial charge in [-0.2, -0.15) is 0 Å². The first-order valence-electron chi connectivity index (χ1n) is 5.90. The van der Waals surface area contributed by atoms with Crippen LogP contribution in [0.3, 0.4) is 0 Å². The summed E-state index contributed by atoms with van der Waals surface area (Å²) < 4.78 is 10.9. The van der Waals surface area contributed by atoms with Crippen LogP contribution in [0.4, 0.5) is 0 Å². The summed E-state index contributed by atoms with van der Waals surface area (Å²) in [6.45, 7) is 1.57. The van der Waals surface area contributed by atoms with Gasteiger partial charge in [-0.25, -0.2) is 0 Å². The SMILES string of the molecule is CC(O)(COc1ccc(Cl)cc1)Oc1ccccc1. The van der Waals surface area contributed by atoms with Crippen LogP contribution < -0.4 is 9.47 Å². The van der Waals surface area contributed by atoms with E-state index in [0.717, 1.165) is 0 Å². The van der Waals surface area contributed by atoms with Crippen LogP contribution in [0.15, 0.2) is 54.6 Å². The van der Waals surface area contributed by atoms with Gasteiger partial charge in [0.05, 0.1) is 0 Å². The topological polar surface area (TPSA) is 38.7 Å². The second-order valence-electron chi connectivity index (χ2n) is 4.33. The van der Waals surface area contributed by atoms with Gasteiger partial charge in [0.15, 0.2) is 6.61 Å². The summed E-state index contributed by atoms with van der Waals surface area (Å²) in [6, 6.07) is 16.0. The fraction of sp³-hybridized carbons (Fsp3) is 0.200. The molecule has 0 aliphatic carbocycles. The lowest BCUT2D eigenvalue weighted by Gasteiger charge is -2.24. The standard InChI is InChI=1S/C15H15ClO3/c1-15(17,19-14-5-3-2-4-6-14)11-18-13-9-7-12(16)8-10-13/h2-10,17H,11H2,1H3. The van der Waals surface area contributed by atoms with Gasteiger partial charge in [-0.15, -0.1) is 0 Å². The van der Waals surface area contributed by atoms with Crippen LogP contribution in [0.5, 0.6) is 11.5 Å². The Balaban J connectivity index is 1.92. The van der Waals surface area contributed by atoms with E-state index in [9.17, 15) is 5.11 Å². The monoisotopic (exact) mass is 278 g/mol. The summed E-state index contributed by atoms with van der Waals surface area (Å²) in [4.78, 5) is 0. The van der Waals surface area contributed by atoms with E-state index in [1.165, 1.54) is 0 Å². The third-order valence-electron chi connectivity index (χ3n) is 2.40. The number of rotatable bonds is 5. The van der Waals surface area contributed by atoms with Crippen molar-refractivity contribution in [3.63, 3.8) is 0 Å². The summed E-state index contributed by atoms with van der Waals surface area (Å²) in [5.74, 6) is -0.186. The van der Waals surface area contributed by atoms with Crippen LogP contribution in [0.2, 0.25) is 5.02 Å². The van der Waals surface area contributed by atoms with Crippen LogP contribution in [0.1, 0.15) is 6.92 Å². The summed E-state index contributed by atoms with van der Waals surface area (Å²) in [7, 11) is 0. The highest BCUT2D eigenvalue weighted by Crippen LogP contribution is 2.19. The molecule has 0 aliphatic heterocycles. The normalized spacial score (nSPS) is 13.6. The van der Waals surface area contributed by atoms with E-state index in [1.54, 1.807) is 43.3 Å². The largest absolute Gasteiger partial charge is 0.487 e. The van der Waals surface area contributed by atoms with Crippen molar-refractivity contribution in [3.8, 4) is 11.5 Å². The Kier molecular flexibility index (Phi) is 4.30. The molecule has 0 saturated carbocycles. The second-order valence-corrected chi connectivity index (χ2v) is 4.77. The molecule has 1 unspecified atom stereocenters. The maximum atomic E-state index is 10.1. The maximum Gasteiger partial charge on any atom is 0.239 e. The molecule has 0 saturated heterocycles. The third kappa shape index (κ3) is 4.47. The molecule has 0 fully saturated rings. The molecular formula is C15H15ClO3. The van der Waals surface area contributed by atoms with Crippen molar-refractivity contribution in [3.05, 3.63) is 59.6 Å². The van der Waals surface area contributed by atoms with Crippen molar-refractivity contribution in [2.45, 2.75) is 12.7 Å². The molecule has 2 aromatic carbocycles. The average molecular weight is 279 g/mol. The fourth-order valence-electron chi connectivity index (χ4n) is 1.52. The average Bonchev–Trinajstić information content (AvgIpc) is 2.39. The van der Waals surface area contributed by atoms with Gasteiger partial charge in [-0.05, 0) is 36.4 Å². The Bertz CT molecular complexity index is 509. The van der Waals surface area contributed by atoms with Crippen LogP contribution in [-0.2, 0) is 0 Å². The van der Waals surface area contributed by atoms with Crippen LogP contribution in [0, 0.1) is 0 Å². The molecule has 0 heterocycles. The van der Waals surface area contributed by atoms with Crippen molar-refractivity contribution in [2.75, 3.05) is 6.61 Å². The number of aliphatic hydroxyl groups is 1. The minimum Gasteiger partial charge on any atom is -0.487 e. The number of ether oxygens (including phenoxy) is 2. The first-order valence-corrected chi connectivity index (χ1v) is 6.28. The molecule has 0 amide bonds. The molecule has 0 bridgehead atoms. The van der Waals surface area contributed by atoms with Crippen LogP contribution in [-0.4, -0.2) is 17.5 Å². The third-order valence-corrected chi connectivity index (χ3v) is 2.65. The highest BCUT2D eigenvalue weighted by Gasteiger charge is 2.23. The van der Waals surface area contributed by atoms with Crippen molar-refractivity contribution in [1.82, 2.24) is 0 Å². The molecule has 3 nitrogen and oxygen atoms in total. The minimum atomic E-state index is -1.40. The highest BCUT2D eigenvalue weighted by atomic mass is 35.5. The van der Waals surface area contributed by atoms with Crippen molar-refractivity contribution in [2.24, 2.45) is 0 Å². The van der Waals surface area contributed by atoms with Gasteiger partial charge in [-0.1, -0.05) is 29.8 Å². The van der Waals surface area contributed by atoms with Crippen LogP contribution >= 0.6 is 11.6 Å². The summed E-state index contributed by atoms with van der Waals surface area (Å²) in [5, 5.41) is 10.7. The molecule has 0 spiro atoms. The second kappa shape index (κ2) is 5.95. The van der Waals surface area contributed by atoms with E-state index in [1.807, 2.05) is 18.2 Å². The van der Waals surface area contributed by atoms with Crippen molar-refractivity contribution in [1.29, 1.82) is 0 Å². The van der Waals surface area contributed by atoms with E-state index in [4.69, 9.17) is 21.1 Å². The Morgan fingerprint density at radius 3 is 2.26 bits per heavy atom.